The summed E-state index contributed by atoms with van der Waals surface area (Å²) in [7, 11) is 1.77. The van der Waals surface area contributed by atoms with Gasteiger partial charge in [0, 0.05) is 36.9 Å². The highest BCUT2D eigenvalue weighted by Gasteiger charge is 2.29. The predicted molar refractivity (Wildman–Crippen MR) is 76.2 cm³/mol. The second kappa shape index (κ2) is 6.13. The van der Waals surface area contributed by atoms with Crippen molar-refractivity contribution in [3.8, 4) is 0 Å². The van der Waals surface area contributed by atoms with Crippen molar-refractivity contribution in [2.75, 3.05) is 7.11 Å². The van der Waals surface area contributed by atoms with Crippen LogP contribution in [-0.4, -0.2) is 24.2 Å². The van der Waals surface area contributed by atoms with Gasteiger partial charge in [0.25, 0.3) is 0 Å². The smallest absolute Gasteiger partial charge is 0.0957 e. The molecule has 0 aliphatic heterocycles. The van der Waals surface area contributed by atoms with E-state index in [1.165, 1.54) is 28.4 Å². The molecule has 2 rings (SSSR count). The lowest BCUT2D eigenvalue weighted by atomic mass is 10.2. The summed E-state index contributed by atoms with van der Waals surface area (Å²) in [4.78, 5) is 6.27. The van der Waals surface area contributed by atoms with E-state index in [2.05, 4.69) is 26.1 Å². The van der Waals surface area contributed by atoms with E-state index in [0.717, 1.165) is 18.9 Å². The van der Waals surface area contributed by atoms with Crippen LogP contribution in [-0.2, 0) is 17.7 Å². The van der Waals surface area contributed by atoms with E-state index in [-0.39, 0.29) is 6.10 Å². The molecule has 1 unspecified atom stereocenters. The van der Waals surface area contributed by atoms with Gasteiger partial charge in [-0.3, -0.25) is 0 Å². The highest BCUT2D eigenvalue weighted by atomic mass is 32.1. The number of nitrogens with zero attached hydrogens (tertiary/aromatic N) is 1. The number of ether oxygens (including phenoxy) is 1. The highest BCUT2D eigenvalue weighted by Crippen LogP contribution is 2.42. The van der Waals surface area contributed by atoms with Crippen molar-refractivity contribution in [2.45, 2.75) is 64.6 Å². The first-order chi connectivity index (χ1) is 8.60. The number of aromatic nitrogens is 1. The Morgan fingerprint density at radius 1 is 1.39 bits per heavy atom. The Morgan fingerprint density at radius 3 is 2.67 bits per heavy atom. The Morgan fingerprint density at radius 2 is 2.11 bits per heavy atom. The maximum Gasteiger partial charge on any atom is 0.0957 e. The summed E-state index contributed by atoms with van der Waals surface area (Å²) in [6.07, 6.45) is 3.83. The Kier molecular flexibility index (Phi) is 4.76. The molecule has 0 amide bonds. The molecule has 1 N–H and O–H groups in total. The topological polar surface area (TPSA) is 34.1 Å². The summed E-state index contributed by atoms with van der Waals surface area (Å²) in [5, 5.41) is 4.73. The SMILES string of the molecule is COC(C)Cc1nc(C2CC2)c(CNC(C)C)s1. The average molecular weight is 268 g/mol. The Bertz CT molecular complexity index is 385. The molecule has 1 aliphatic carbocycles. The molecule has 102 valence electrons. The van der Waals surface area contributed by atoms with Gasteiger partial charge in [-0.1, -0.05) is 13.8 Å². The van der Waals surface area contributed by atoms with E-state index in [9.17, 15) is 0 Å². The van der Waals surface area contributed by atoms with Crippen LogP contribution in [0.3, 0.4) is 0 Å². The van der Waals surface area contributed by atoms with Crippen LogP contribution in [0.1, 0.15) is 55.1 Å². The Hall–Kier alpha value is -0.450. The van der Waals surface area contributed by atoms with Gasteiger partial charge in [-0.15, -0.1) is 11.3 Å². The first kappa shape index (κ1) is 14.0. The first-order valence-electron chi connectivity index (χ1n) is 6.84. The molecular weight excluding hydrogens is 244 g/mol. The number of hydrogen-bond acceptors (Lipinski definition) is 4. The van der Waals surface area contributed by atoms with Crippen molar-refractivity contribution < 1.29 is 4.74 Å². The third kappa shape index (κ3) is 3.77. The summed E-state index contributed by atoms with van der Waals surface area (Å²) in [5.74, 6) is 0.733. The lowest BCUT2D eigenvalue weighted by molar-refractivity contribution is 0.118. The van der Waals surface area contributed by atoms with Crippen molar-refractivity contribution >= 4 is 11.3 Å². The third-order valence-electron chi connectivity index (χ3n) is 3.27. The van der Waals surface area contributed by atoms with E-state index in [1.54, 1.807) is 7.11 Å². The molecule has 0 saturated heterocycles. The van der Waals surface area contributed by atoms with Crippen LogP contribution in [0.15, 0.2) is 0 Å². The van der Waals surface area contributed by atoms with E-state index >= 15 is 0 Å². The lowest BCUT2D eigenvalue weighted by Crippen LogP contribution is -2.21. The minimum atomic E-state index is 0.258. The van der Waals surface area contributed by atoms with Gasteiger partial charge in [-0.05, 0) is 19.8 Å². The van der Waals surface area contributed by atoms with Crippen molar-refractivity contribution in [2.24, 2.45) is 0 Å². The van der Waals surface area contributed by atoms with E-state index in [0.29, 0.717) is 6.04 Å². The fourth-order valence-electron chi connectivity index (χ4n) is 1.93. The zero-order valence-corrected chi connectivity index (χ0v) is 12.6. The molecule has 1 saturated carbocycles. The van der Waals surface area contributed by atoms with Crippen molar-refractivity contribution in [3.05, 3.63) is 15.6 Å². The molecule has 1 aliphatic rings. The van der Waals surface area contributed by atoms with Gasteiger partial charge >= 0.3 is 0 Å². The number of nitrogens with one attached hydrogen (secondary N) is 1. The monoisotopic (exact) mass is 268 g/mol. The quantitative estimate of drug-likeness (QED) is 0.825. The molecular formula is C14H24N2OS. The molecule has 1 aromatic heterocycles. The molecule has 0 radical (unpaired) electrons. The predicted octanol–water partition coefficient (Wildman–Crippen LogP) is 3.10. The second-order valence-electron chi connectivity index (χ2n) is 5.48. The van der Waals surface area contributed by atoms with Crippen LogP contribution in [0.2, 0.25) is 0 Å². The van der Waals surface area contributed by atoms with Gasteiger partial charge in [0.05, 0.1) is 16.8 Å². The molecule has 4 heteroatoms. The molecule has 1 atom stereocenters. The fourth-order valence-corrected chi connectivity index (χ4v) is 3.15. The van der Waals surface area contributed by atoms with E-state index < -0.39 is 0 Å². The maximum atomic E-state index is 5.33. The molecule has 1 heterocycles. The number of rotatable bonds is 7. The molecule has 18 heavy (non-hydrogen) atoms. The standard InChI is InChI=1S/C14H24N2OS/c1-9(2)15-8-12-14(11-5-6-11)16-13(18-12)7-10(3)17-4/h9-11,15H,5-8H2,1-4H3. The summed E-state index contributed by atoms with van der Waals surface area (Å²) >= 11 is 1.86. The number of hydrogen-bond donors (Lipinski definition) is 1. The van der Waals surface area contributed by atoms with Crippen LogP contribution in [0, 0.1) is 0 Å². The second-order valence-corrected chi connectivity index (χ2v) is 6.64. The number of thiazole rings is 1. The van der Waals surface area contributed by atoms with Gasteiger partial charge in [-0.2, -0.15) is 0 Å². The molecule has 1 fully saturated rings. The Balaban J connectivity index is 2.06. The van der Waals surface area contributed by atoms with Crippen LogP contribution in [0.5, 0.6) is 0 Å². The van der Waals surface area contributed by atoms with Crippen LogP contribution >= 0.6 is 11.3 Å². The summed E-state index contributed by atoms with van der Waals surface area (Å²) < 4.78 is 5.33. The zero-order chi connectivity index (χ0) is 13.1. The first-order valence-corrected chi connectivity index (χ1v) is 7.66. The average Bonchev–Trinajstić information content (AvgIpc) is 3.09. The van der Waals surface area contributed by atoms with Crippen LogP contribution in [0.25, 0.3) is 0 Å². The molecule has 1 aromatic rings. The Labute approximate surface area is 114 Å². The van der Waals surface area contributed by atoms with Crippen LogP contribution < -0.4 is 5.32 Å². The van der Waals surface area contributed by atoms with Crippen molar-refractivity contribution in [3.63, 3.8) is 0 Å². The summed E-state index contributed by atoms with van der Waals surface area (Å²) in [5.41, 5.74) is 1.35. The molecule has 0 aromatic carbocycles. The summed E-state index contributed by atoms with van der Waals surface area (Å²) in [6.45, 7) is 7.43. The normalized spacial score (nSPS) is 17.4. The summed E-state index contributed by atoms with van der Waals surface area (Å²) in [6, 6.07) is 0.528. The van der Waals surface area contributed by atoms with E-state index in [1.807, 2.05) is 11.3 Å². The van der Waals surface area contributed by atoms with E-state index in [4.69, 9.17) is 9.72 Å². The highest BCUT2D eigenvalue weighted by molar-refractivity contribution is 7.11. The van der Waals surface area contributed by atoms with Gasteiger partial charge < -0.3 is 10.1 Å². The van der Waals surface area contributed by atoms with Crippen molar-refractivity contribution in [1.82, 2.24) is 10.3 Å². The van der Waals surface area contributed by atoms with Crippen LogP contribution in [0.4, 0.5) is 0 Å². The maximum absolute atomic E-state index is 5.33. The largest absolute Gasteiger partial charge is 0.381 e. The lowest BCUT2D eigenvalue weighted by Gasteiger charge is -2.07. The number of methoxy groups -OCH3 is 1. The fraction of sp³-hybridized carbons (Fsp3) is 0.786. The molecule has 3 nitrogen and oxygen atoms in total. The third-order valence-corrected chi connectivity index (χ3v) is 4.36. The minimum Gasteiger partial charge on any atom is -0.381 e. The van der Waals surface area contributed by atoms with Gasteiger partial charge in [0.1, 0.15) is 0 Å². The van der Waals surface area contributed by atoms with Gasteiger partial charge in [0.15, 0.2) is 0 Å². The molecule has 0 bridgehead atoms. The molecule has 0 spiro atoms. The van der Waals surface area contributed by atoms with Crippen molar-refractivity contribution in [1.29, 1.82) is 0 Å². The van der Waals surface area contributed by atoms with Gasteiger partial charge in [-0.25, -0.2) is 4.98 Å². The zero-order valence-electron chi connectivity index (χ0n) is 11.8. The van der Waals surface area contributed by atoms with Gasteiger partial charge in [0.2, 0.25) is 0 Å². The minimum absolute atomic E-state index is 0.258.